The minimum absolute atomic E-state index is 0. The van der Waals surface area contributed by atoms with Gasteiger partial charge in [-0.3, -0.25) is 0 Å². The summed E-state index contributed by atoms with van der Waals surface area (Å²) in [5, 5.41) is 4.14. The van der Waals surface area contributed by atoms with Crippen molar-refractivity contribution in [1.29, 1.82) is 0 Å². The van der Waals surface area contributed by atoms with Gasteiger partial charge >= 0.3 is 19.5 Å². The first-order chi connectivity index (χ1) is 6.18. The molecule has 0 amide bonds. The van der Waals surface area contributed by atoms with E-state index in [9.17, 15) is 0 Å². The quantitative estimate of drug-likeness (QED) is 0.587. The van der Waals surface area contributed by atoms with Crippen molar-refractivity contribution >= 4 is 17.1 Å². The molecule has 0 saturated heterocycles. The number of nitrogens with zero attached hydrogens (tertiary/aromatic N) is 2. The van der Waals surface area contributed by atoms with Crippen molar-refractivity contribution in [3.8, 4) is 0 Å². The monoisotopic (exact) mass is 293 g/mol. The standard InChI is InChI=1S/C10H11N2S.Ru/c1-6-4-7(2)9(5-6)10-8(3)13-12-11-10;/h5H2,1-3H3;/q-1;+2. The second-order valence-electron chi connectivity index (χ2n) is 3.36. The molecule has 1 aromatic rings. The molecule has 0 aromatic carbocycles. The van der Waals surface area contributed by atoms with Crippen LogP contribution in [0.15, 0.2) is 11.1 Å². The molecule has 14 heavy (non-hydrogen) atoms. The molecule has 0 radical (unpaired) electrons. The fourth-order valence-corrected chi connectivity index (χ4v) is 2.10. The molecule has 0 spiro atoms. The van der Waals surface area contributed by atoms with E-state index < -0.39 is 0 Å². The fraction of sp³-hybridized carbons (Fsp3) is 0.400. The fourth-order valence-electron chi connectivity index (χ4n) is 1.61. The first-order valence-electron chi connectivity index (χ1n) is 4.27. The van der Waals surface area contributed by atoms with Gasteiger partial charge in [0.25, 0.3) is 0 Å². The van der Waals surface area contributed by atoms with Gasteiger partial charge in [0.2, 0.25) is 0 Å². The van der Waals surface area contributed by atoms with Crippen molar-refractivity contribution in [2.75, 3.05) is 0 Å². The molecule has 0 unspecified atom stereocenters. The molecule has 0 atom stereocenters. The predicted molar refractivity (Wildman–Crippen MR) is 54.3 cm³/mol. The molecule has 1 heterocycles. The predicted octanol–water partition coefficient (Wildman–Crippen LogP) is 2.77. The van der Waals surface area contributed by atoms with Crippen LogP contribution in [0.5, 0.6) is 0 Å². The Morgan fingerprint density at radius 2 is 2.00 bits per heavy atom. The average molecular weight is 292 g/mol. The Balaban J connectivity index is 0.000000980. The molecule has 0 N–H and O–H groups in total. The third-order valence-electron chi connectivity index (χ3n) is 2.23. The molecule has 0 fully saturated rings. The van der Waals surface area contributed by atoms with E-state index in [0.717, 1.165) is 12.1 Å². The first kappa shape index (κ1) is 11.7. The number of rotatable bonds is 1. The van der Waals surface area contributed by atoms with Crippen LogP contribution in [-0.2, 0) is 19.5 Å². The van der Waals surface area contributed by atoms with Gasteiger partial charge in [-0.2, -0.15) is 16.2 Å². The van der Waals surface area contributed by atoms with Gasteiger partial charge in [0.05, 0.1) is 0 Å². The summed E-state index contributed by atoms with van der Waals surface area (Å²) in [6.45, 7) is 6.25. The number of aryl methyl sites for hydroxylation is 1. The maximum absolute atomic E-state index is 4.14. The van der Waals surface area contributed by atoms with E-state index >= 15 is 0 Å². The Labute approximate surface area is 101 Å². The van der Waals surface area contributed by atoms with Crippen molar-refractivity contribution in [2.45, 2.75) is 27.2 Å². The molecule has 1 aliphatic rings. The van der Waals surface area contributed by atoms with Crippen LogP contribution in [0.3, 0.4) is 0 Å². The average Bonchev–Trinajstić information content (AvgIpc) is 2.58. The summed E-state index contributed by atoms with van der Waals surface area (Å²) in [4.78, 5) is 1.20. The molecule has 1 aromatic heterocycles. The number of allylic oxidation sites excluding steroid dienone is 4. The summed E-state index contributed by atoms with van der Waals surface area (Å²) < 4.78 is 3.95. The topological polar surface area (TPSA) is 25.8 Å². The van der Waals surface area contributed by atoms with Crippen molar-refractivity contribution in [1.82, 2.24) is 9.59 Å². The van der Waals surface area contributed by atoms with Crippen molar-refractivity contribution in [3.63, 3.8) is 0 Å². The van der Waals surface area contributed by atoms with E-state index in [1.165, 1.54) is 33.1 Å². The molecule has 4 heteroatoms. The Kier molecular flexibility index (Phi) is 3.74. The molecular weight excluding hydrogens is 281 g/mol. The second-order valence-corrected chi connectivity index (χ2v) is 4.32. The Morgan fingerprint density at radius 1 is 1.29 bits per heavy atom. The largest absolute Gasteiger partial charge is 2.00 e. The van der Waals surface area contributed by atoms with Crippen LogP contribution in [-0.4, -0.2) is 9.59 Å². The molecule has 0 bridgehead atoms. The Hall–Kier alpha value is -0.337. The molecule has 74 valence electrons. The molecule has 0 saturated carbocycles. The van der Waals surface area contributed by atoms with Crippen molar-refractivity contribution < 1.29 is 19.5 Å². The number of hydrogen-bond donors (Lipinski definition) is 0. The van der Waals surface area contributed by atoms with Gasteiger partial charge in [-0.25, -0.2) is 11.6 Å². The zero-order valence-electron chi connectivity index (χ0n) is 8.36. The normalized spacial score (nSPS) is 15.5. The van der Waals surface area contributed by atoms with Gasteiger partial charge in [0.15, 0.2) is 0 Å². The molecule has 2 rings (SSSR count). The third kappa shape index (κ3) is 2.01. The van der Waals surface area contributed by atoms with Gasteiger partial charge < -0.3 is 0 Å². The van der Waals surface area contributed by atoms with Gasteiger partial charge in [0, 0.05) is 10.6 Å². The second kappa shape index (κ2) is 4.46. The van der Waals surface area contributed by atoms with E-state index in [1.807, 2.05) is 0 Å². The minimum Gasteiger partial charge on any atom is -0.249 e. The van der Waals surface area contributed by atoms with Crippen LogP contribution >= 0.6 is 11.5 Å². The number of aromatic nitrogens is 2. The molecular formula is C10H11N2RuS+. The maximum Gasteiger partial charge on any atom is 2.00 e. The minimum atomic E-state index is 0. The van der Waals surface area contributed by atoms with E-state index in [2.05, 4.69) is 36.4 Å². The van der Waals surface area contributed by atoms with Crippen LogP contribution in [0.25, 0.3) is 5.57 Å². The van der Waals surface area contributed by atoms with Crippen LogP contribution in [0.1, 0.15) is 30.8 Å². The van der Waals surface area contributed by atoms with Crippen LogP contribution in [0.2, 0.25) is 0 Å². The summed E-state index contributed by atoms with van der Waals surface area (Å²) >= 11 is 1.46. The van der Waals surface area contributed by atoms with Crippen molar-refractivity contribution in [3.05, 3.63) is 27.8 Å². The van der Waals surface area contributed by atoms with E-state index in [0.29, 0.717) is 0 Å². The number of hydrogen-bond acceptors (Lipinski definition) is 3. The van der Waals surface area contributed by atoms with E-state index in [-0.39, 0.29) is 19.5 Å². The zero-order valence-corrected chi connectivity index (χ0v) is 10.9. The van der Waals surface area contributed by atoms with E-state index in [1.54, 1.807) is 0 Å². The van der Waals surface area contributed by atoms with E-state index in [4.69, 9.17) is 0 Å². The first-order valence-corrected chi connectivity index (χ1v) is 5.04. The zero-order chi connectivity index (χ0) is 9.42. The van der Waals surface area contributed by atoms with Gasteiger partial charge in [-0.15, -0.1) is 0 Å². The Morgan fingerprint density at radius 3 is 2.43 bits per heavy atom. The summed E-state index contributed by atoms with van der Waals surface area (Å²) in [6.07, 6.45) is 4.30. The van der Waals surface area contributed by atoms with Gasteiger partial charge in [-0.05, 0) is 18.5 Å². The third-order valence-corrected chi connectivity index (χ3v) is 2.86. The maximum atomic E-state index is 4.14. The van der Waals surface area contributed by atoms with Crippen LogP contribution in [0, 0.1) is 13.0 Å². The molecule has 1 aliphatic carbocycles. The summed E-state index contributed by atoms with van der Waals surface area (Å²) in [5.74, 6) is 0. The van der Waals surface area contributed by atoms with Crippen LogP contribution < -0.4 is 0 Å². The van der Waals surface area contributed by atoms with Crippen molar-refractivity contribution in [2.24, 2.45) is 0 Å². The molecule has 2 nitrogen and oxygen atoms in total. The van der Waals surface area contributed by atoms with Gasteiger partial charge in [0.1, 0.15) is 0 Å². The molecule has 0 aliphatic heterocycles. The van der Waals surface area contributed by atoms with Gasteiger partial charge in [-0.1, -0.05) is 24.8 Å². The SMILES string of the molecule is CC1=[C-]C(C)=C(c2nnsc2C)C1.[Ru+2]. The van der Waals surface area contributed by atoms with Crippen LogP contribution in [0.4, 0.5) is 0 Å². The summed E-state index contributed by atoms with van der Waals surface area (Å²) in [5.41, 5.74) is 4.86. The summed E-state index contributed by atoms with van der Waals surface area (Å²) in [6, 6.07) is 0. The summed E-state index contributed by atoms with van der Waals surface area (Å²) in [7, 11) is 0. The Bertz CT molecular complexity index is 404. The smallest absolute Gasteiger partial charge is 0.249 e.